The number of nitrogens with zero attached hydrogens (tertiary/aromatic N) is 1. The van der Waals surface area contributed by atoms with Crippen LogP contribution in [0.3, 0.4) is 0 Å². The Labute approximate surface area is 188 Å². The third kappa shape index (κ3) is 7.44. The van der Waals surface area contributed by atoms with E-state index in [1.54, 1.807) is 37.3 Å². The molecule has 0 aliphatic carbocycles. The zero-order valence-electron chi connectivity index (χ0n) is 19.4. The fourth-order valence-electron chi connectivity index (χ4n) is 2.94. The SMILES string of the molecule is COc1cc(OC)cc(OCC(=O)N(Cc2ccc(F)cc2)[C@H](C)C(=O)NC(C)(C)C)c1. The highest BCUT2D eigenvalue weighted by Crippen LogP contribution is 2.27. The van der Waals surface area contributed by atoms with Gasteiger partial charge in [0.15, 0.2) is 6.61 Å². The first kappa shape index (κ1) is 25.0. The molecule has 0 radical (unpaired) electrons. The van der Waals surface area contributed by atoms with Crippen LogP contribution < -0.4 is 19.5 Å². The Morgan fingerprint density at radius 1 is 1.00 bits per heavy atom. The molecule has 0 heterocycles. The second-order valence-corrected chi connectivity index (χ2v) is 8.40. The summed E-state index contributed by atoms with van der Waals surface area (Å²) >= 11 is 0. The number of hydrogen-bond acceptors (Lipinski definition) is 5. The Morgan fingerprint density at radius 3 is 2.03 bits per heavy atom. The van der Waals surface area contributed by atoms with Crippen LogP contribution in [0.25, 0.3) is 0 Å². The van der Waals surface area contributed by atoms with E-state index in [1.165, 1.54) is 31.3 Å². The van der Waals surface area contributed by atoms with E-state index in [1.807, 2.05) is 20.8 Å². The van der Waals surface area contributed by atoms with Crippen LogP contribution in [0, 0.1) is 5.82 Å². The Balaban J connectivity index is 2.20. The number of methoxy groups -OCH3 is 2. The number of amides is 2. The minimum absolute atomic E-state index is 0.128. The Hall–Kier alpha value is -3.29. The summed E-state index contributed by atoms with van der Waals surface area (Å²) in [6.07, 6.45) is 0. The first-order valence-electron chi connectivity index (χ1n) is 10.2. The average Bonchev–Trinajstić information content (AvgIpc) is 2.75. The summed E-state index contributed by atoms with van der Waals surface area (Å²) in [6, 6.07) is 9.99. The van der Waals surface area contributed by atoms with Gasteiger partial charge in [0.25, 0.3) is 5.91 Å². The van der Waals surface area contributed by atoms with Crippen LogP contribution in [0.4, 0.5) is 4.39 Å². The predicted molar refractivity (Wildman–Crippen MR) is 119 cm³/mol. The number of benzene rings is 2. The molecule has 8 heteroatoms. The van der Waals surface area contributed by atoms with Crippen molar-refractivity contribution in [1.29, 1.82) is 0 Å². The van der Waals surface area contributed by atoms with E-state index in [9.17, 15) is 14.0 Å². The van der Waals surface area contributed by atoms with E-state index in [0.29, 0.717) is 22.8 Å². The molecule has 0 unspecified atom stereocenters. The standard InChI is InChI=1S/C24H31FN2O5/c1-16(23(29)26-24(2,3)4)27(14-17-7-9-18(25)10-8-17)22(28)15-32-21-12-19(30-5)11-20(13-21)31-6/h7-13,16H,14-15H2,1-6H3,(H,26,29)/t16-/m1/s1. The molecule has 0 aliphatic heterocycles. The summed E-state index contributed by atoms with van der Waals surface area (Å²) in [4.78, 5) is 27.3. The van der Waals surface area contributed by atoms with Crippen LogP contribution in [0.2, 0.25) is 0 Å². The number of hydrogen-bond donors (Lipinski definition) is 1. The molecular weight excluding hydrogens is 415 g/mol. The number of carbonyl (C=O) groups is 2. The van der Waals surface area contributed by atoms with Gasteiger partial charge in [0.1, 0.15) is 29.1 Å². The molecule has 0 spiro atoms. The third-order valence-electron chi connectivity index (χ3n) is 4.62. The van der Waals surface area contributed by atoms with Crippen molar-refractivity contribution in [1.82, 2.24) is 10.2 Å². The van der Waals surface area contributed by atoms with Crippen LogP contribution in [0.1, 0.15) is 33.3 Å². The van der Waals surface area contributed by atoms with E-state index >= 15 is 0 Å². The second kappa shape index (κ2) is 10.8. The lowest BCUT2D eigenvalue weighted by atomic mass is 10.1. The van der Waals surface area contributed by atoms with E-state index in [2.05, 4.69) is 5.32 Å². The molecule has 1 N–H and O–H groups in total. The van der Waals surface area contributed by atoms with Crippen molar-refractivity contribution < 1.29 is 28.2 Å². The molecule has 2 aromatic rings. The Kier molecular flexibility index (Phi) is 8.46. The summed E-state index contributed by atoms with van der Waals surface area (Å²) in [6.45, 7) is 7.07. The number of rotatable bonds is 9. The third-order valence-corrected chi connectivity index (χ3v) is 4.62. The fraction of sp³-hybridized carbons (Fsp3) is 0.417. The highest BCUT2D eigenvalue weighted by Gasteiger charge is 2.28. The Morgan fingerprint density at radius 2 is 1.53 bits per heavy atom. The summed E-state index contributed by atoms with van der Waals surface area (Å²) in [7, 11) is 3.04. The van der Waals surface area contributed by atoms with Crippen molar-refractivity contribution in [3.05, 3.63) is 53.8 Å². The molecule has 0 aromatic heterocycles. The fourth-order valence-corrected chi connectivity index (χ4v) is 2.94. The van der Waals surface area contributed by atoms with Gasteiger partial charge in [-0.2, -0.15) is 0 Å². The quantitative estimate of drug-likeness (QED) is 0.638. The maximum Gasteiger partial charge on any atom is 0.261 e. The molecule has 2 aromatic carbocycles. The molecular formula is C24H31FN2O5. The minimum atomic E-state index is -0.768. The van der Waals surface area contributed by atoms with Gasteiger partial charge in [-0.3, -0.25) is 9.59 Å². The average molecular weight is 447 g/mol. The van der Waals surface area contributed by atoms with Gasteiger partial charge >= 0.3 is 0 Å². The predicted octanol–water partition coefficient (Wildman–Crippen LogP) is 3.55. The van der Waals surface area contributed by atoms with Crippen molar-refractivity contribution in [3.8, 4) is 17.2 Å². The molecule has 1 atom stereocenters. The van der Waals surface area contributed by atoms with Gasteiger partial charge in [-0.05, 0) is 45.4 Å². The summed E-state index contributed by atoms with van der Waals surface area (Å²) in [5, 5.41) is 2.89. The van der Waals surface area contributed by atoms with Crippen LogP contribution in [-0.2, 0) is 16.1 Å². The Bertz CT molecular complexity index is 903. The van der Waals surface area contributed by atoms with E-state index < -0.39 is 17.5 Å². The zero-order valence-corrected chi connectivity index (χ0v) is 19.4. The summed E-state index contributed by atoms with van der Waals surface area (Å²) < 4.78 is 29.4. The van der Waals surface area contributed by atoms with Crippen molar-refractivity contribution in [3.63, 3.8) is 0 Å². The normalized spacial score (nSPS) is 12.0. The van der Waals surface area contributed by atoms with Gasteiger partial charge in [0.05, 0.1) is 14.2 Å². The van der Waals surface area contributed by atoms with Gasteiger partial charge in [-0.1, -0.05) is 12.1 Å². The van der Waals surface area contributed by atoms with Crippen molar-refractivity contribution in [2.24, 2.45) is 0 Å². The van der Waals surface area contributed by atoms with Crippen LogP contribution in [0.5, 0.6) is 17.2 Å². The monoisotopic (exact) mass is 446 g/mol. The number of halogens is 1. The maximum atomic E-state index is 13.3. The number of carbonyl (C=O) groups excluding carboxylic acids is 2. The molecule has 2 amide bonds. The molecule has 0 bridgehead atoms. The van der Waals surface area contributed by atoms with Gasteiger partial charge < -0.3 is 24.4 Å². The first-order chi connectivity index (χ1) is 15.0. The highest BCUT2D eigenvalue weighted by molar-refractivity contribution is 5.88. The lowest BCUT2D eigenvalue weighted by Gasteiger charge is -2.31. The summed E-state index contributed by atoms with van der Waals surface area (Å²) in [5.74, 6) is 0.369. The maximum absolute atomic E-state index is 13.3. The smallest absolute Gasteiger partial charge is 0.261 e. The molecule has 0 aliphatic rings. The molecule has 0 saturated heterocycles. The van der Waals surface area contributed by atoms with Gasteiger partial charge in [0, 0.05) is 30.3 Å². The molecule has 0 saturated carbocycles. The van der Waals surface area contributed by atoms with Crippen molar-refractivity contribution in [2.45, 2.75) is 45.8 Å². The molecule has 174 valence electrons. The molecule has 32 heavy (non-hydrogen) atoms. The molecule has 7 nitrogen and oxygen atoms in total. The summed E-state index contributed by atoms with van der Waals surface area (Å²) in [5.41, 5.74) is 0.238. The molecule has 0 fully saturated rings. The lowest BCUT2D eigenvalue weighted by Crippen LogP contribution is -2.53. The zero-order chi connectivity index (χ0) is 23.9. The van der Waals surface area contributed by atoms with Gasteiger partial charge in [-0.15, -0.1) is 0 Å². The first-order valence-corrected chi connectivity index (χ1v) is 10.2. The topological polar surface area (TPSA) is 77.1 Å². The van der Waals surface area contributed by atoms with Crippen LogP contribution >= 0.6 is 0 Å². The van der Waals surface area contributed by atoms with E-state index in [-0.39, 0.29) is 24.9 Å². The number of ether oxygens (including phenoxy) is 3. The minimum Gasteiger partial charge on any atom is -0.496 e. The van der Waals surface area contributed by atoms with E-state index in [4.69, 9.17) is 14.2 Å². The largest absolute Gasteiger partial charge is 0.496 e. The second-order valence-electron chi connectivity index (χ2n) is 8.40. The van der Waals surface area contributed by atoms with Crippen LogP contribution in [0.15, 0.2) is 42.5 Å². The van der Waals surface area contributed by atoms with Crippen LogP contribution in [-0.4, -0.2) is 49.1 Å². The lowest BCUT2D eigenvalue weighted by molar-refractivity contribution is -0.142. The van der Waals surface area contributed by atoms with E-state index in [0.717, 1.165) is 0 Å². The van der Waals surface area contributed by atoms with Crippen molar-refractivity contribution >= 4 is 11.8 Å². The van der Waals surface area contributed by atoms with Crippen molar-refractivity contribution in [2.75, 3.05) is 20.8 Å². The molecule has 2 rings (SSSR count). The highest BCUT2D eigenvalue weighted by atomic mass is 19.1. The van der Waals surface area contributed by atoms with Gasteiger partial charge in [-0.25, -0.2) is 4.39 Å². The van der Waals surface area contributed by atoms with Gasteiger partial charge in [0.2, 0.25) is 5.91 Å². The number of nitrogens with one attached hydrogen (secondary N) is 1.